The summed E-state index contributed by atoms with van der Waals surface area (Å²) in [4.78, 5) is 33.0. The Morgan fingerprint density at radius 1 is 1.23 bits per heavy atom. The number of hydrogen-bond donors (Lipinski definition) is 2. The van der Waals surface area contributed by atoms with Gasteiger partial charge in [0.1, 0.15) is 5.82 Å². The Hall–Kier alpha value is -3.42. The number of amides is 1. The Balaban J connectivity index is 1.25. The minimum absolute atomic E-state index is 0.0693. The number of aromatic nitrogens is 2. The van der Waals surface area contributed by atoms with E-state index < -0.39 is 4.92 Å². The molecule has 8 heteroatoms. The molecule has 1 aliphatic rings. The number of H-pyrrole nitrogens is 1. The van der Waals surface area contributed by atoms with Crippen molar-refractivity contribution in [2.45, 2.75) is 31.6 Å². The van der Waals surface area contributed by atoms with Crippen molar-refractivity contribution in [1.29, 1.82) is 0 Å². The first-order valence-corrected chi connectivity index (χ1v) is 10.3. The van der Waals surface area contributed by atoms with Gasteiger partial charge in [0, 0.05) is 49.8 Å². The zero-order valence-electron chi connectivity index (χ0n) is 16.7. The fourth-order valence-electron chi connectivity index (χ4n) is 3.92. The summed E-state index contributed by atoms with van der Waals surface area (Å²) in [6.07, 6.45) is 3.20. The second-order valence-corrected chi connectivity index (χ2v) is 7.65. The summed E-state index contributed by atoms with van der Waals surface area (Å²) in [5, 5.41) is 13.9. The molecule has 1 atom stereocenters. The summed E-state index contributed by atoms with van der Waals surface area (Å²) in [6, 6.07) is 14.3. The first-order chi connectivity index (χ1) is 14.6. The minimum Gasteiger partial charge on any atom is -0.385 e. The van der Waals surface area contributed by atoms with Gasteiger partial charge in [0.15, 0.2) is 0 Å². The number of anilines is 1. The molecule has 1 fully saturated rings. The molecule has 0 aliphatic carbocycles. The van der Waals surface area contributed by atoms with Crippen LogP contribution in [0.4, 0.5) is 11.4 Å². The third-order valence-corrected chi connectivity index (χ3v) is 5.54. The van der Waals surface area contributed by atoms with Crippen LogP contribution in [-0.2, 0) is 4.79 Å². The van der Waals surface area contributed by atoms with E-state index in [1.807, 2.05) is 29.2 Å². The highest BCUT2D eigenvalue weighted by Crippen LogP contribution is 2.27. The first kappa shape index (κ1) is 19.9. The van der Waals surface area contributed by atoms with Crippen LogP contribution in [0.3, 0.4) is 0 Å². The van der Waals surface area contributed by atoms with E-state index in [1.54, 1.807) is 12.1 Å². The lowest BCUT2D eigenvalue weighted by molar-refractivity contribution is -0.384. The number of non-ortho nitro benzene ring substituents is 1. The number of rotatable bonds is 7. The van der Waals surface area contributed by atoms with Gasteiger partial charge in [0.2, 0.25) is 5.91 Å². The fourth-order valence-corrected chi connectivity index (χ4v) is 3.92. The molecule has 8 nitrogen and oxygen atoms in total. The summed E-state index contributed by atoms with van der Waals surface area (Å²) >= 11 is 0. The number of hydrogen-bond acceptors (Lipinski definition) is 5. The van der Waals surface area contributed by atoms with E-state index in [4.69, 9.17) is 4.98 Å². The molecule has 1 unspecified atom stereocenters. The number of nitrogens with zero attached hydrogens (tertiary/aromatic N) is 3. The van der Waals surface area contributed by atoms with Gasteiger partial charge in [-0.2, -0.15) is 0 Å². The van der Waals surface area contributed by atoms with Crippen molar-refractivity contribution >= 4 is 28.3 Å². The van der Waals surface area contributed by atoms with E-state index in [0.29, 0.717) is 25.9 Å². The number of para-hydroxylation sites is 2. The maximum absolute atomic E-state index is 12.7. The third kappa shape index (κ3) is 4.59. The average molecular weight is 407 g/mol. The van der Waals surface area contributed by atoms with E-state index in [-0.39, 0.29) is 17.5 Å². The molecule has 156 valence electrons. The van der Waals surface area contributed by atoms with Crippen LogP contribution in [-0.4, -0.2) is 45.3 Å². The smallest absolute Gasteiger partial charge is 0.269 e. The normalized spacial score (nSPS) is 16.5. The summed E-state index contributed by atoms with van der Waals surface area (Å²) < 4.78 is 0. The highest BCUT2D eigenvalue weighted by molar-refractivity contribution is 5.77. The van der Waals surface area contributed by atoms with Gasteiger partial charge in [0.05, 0.1) is 16.0 Å². The lowest BCUT2D eigenvalue weighted by Crippen LogP contribution is -2.39. The van der Waals surface area contributed by atoms with Crippen LogP contribution in [0.5, 0.6) is 0 Å². The van der Waals surface area contributed by atoms with Gasteiger partial charge in [-0.25, -0.2) is 4.98 Å². The monoisotopic (exact) mass is 407 g/mol. The van der Waals surface area contributed by atoms with Crippen molar-refractivity contribution in [1.82, 2.24) is 14.9 Å². The van der Waals surface area contributed by atoms with Gasteiger partial charge in [-0.15, -0.1) is 0 Å². The molecule has 2 heterocycles. The summed E-state index contributed by atoms with van der Waals surface area (Å²) in [5.74, 6) is 1.38. The van der Waals surface area contributed by atoms with Gasteiger partial charge in [0.25, 0.3) is 5.69 Å². The van der Waals surface area contributed by atoms with Crippen molar-refractivity contribution in [3.63, 3.8) is 0 Å². The number of piperidine rings is 1. The number of carbonyl (C=O) groups excluding carboxylic acids is 1. The second kappa shape index (κ2) is 8.94. The predicted molar refractivity (Wildman–Crippen MR) is 115 cm³/mol. The molecule has 1 saturated heterocycles. The minimum atomic E-state index is -0.417. The van der Waals surface area contributed by atoms with Gasteiger partial charge in [-0.05, 0) is 43.5 Å². The van der Waals surface area contributed by atoms with Gasteiger partial charge >= 0.3 is 0 Å². The Morgan fingerprint density at radius 3 is 2.80 bits per heavy atom. The van der Waals surface area contributed by atoms with Crippen LogP contribution in [0.25, 0.3) is 11.0 Å². The van der Waals surface area contributed by atoms with Crippen LogP contribution in [0.2, 0.25) is 0 Å². The number of likely N-dealkylation sites (tertiary alicyclic amines) is 1. The van der Waals surface area contributed by atoms with Crippen LogP contribution < -0.4 is 5.32 Å². The van der Waals surface area contributed by atoms with Crippen molar-refractivity contribution in [2.24, 2.45) is 0 Å². The summed E-state index contributed by atoms with van der Waals surface area (Å²) in [6.45, 7) is 2.14. The highest BCUT2D eigenvalue weighted by Gasteiger charge is 2.26. The maximum atomic E-state index is 12.7. The Kier molecular flexibility index (Phi) is 5.92. The van der Waals surface area contributed by atoms with E-state index in [0.717, 1.165) is 41.9 Å². The second-order valence-electron chi connectivity index (χ2n) is 7.65. The Labute approximate surface area is 174 Å². The van der Waals surface area contributed by atoms with Gasteiger partial charge in [-0.3, -0.25) is 14.9 Å². The number of carbonyl (C=O) groups is 1. The largest absolute Gasteiger partial charge is 0.385 e. The Morgan fingerprint density at radius 2 is 2.03 bits per heavy atom. The zero-order chi connectivity index (χ0) is 20.9. The molecular formula is C22H25N5O3. The number of aromatic amines is 1. The van der Waals surface area contributed by atoms with Gasteiger partial charge < -0.3 is 15.2 Å². The molecule has 0 radical (unpaired) electrons. The maximum Gasteiger partial charge on any atom is 0.269 e. The number of nitro benzene ring substituents is 1. The van der Waals surface area contributed by atoms with Crippen molar-refractivity contribution < 1.29 is 9.72 Å². The molecule has 0 spiro atoms. The molecule has 0 saturated carbocycles. The van der Waals surface area contributed by atoms with Crippen LogP contribution in [0, 0.1) is 10.1 Å². The molecular weight excluding hydrogens is 382 g/mol. The number of nitro groups is 1. The molecule has 1 amide bonds. The third-order valence-electron chi connectivity index (χ3n) is 5.54. The van der Waals surface area contributed by atoms with E-state index in [1.165, 1.54) is 12.1 Å². The zero-order valence-corrected chi connectivity index (χ0v) is 16.7. The quantitative estimate of drug-likeness (QED) is 0.349. The van der Waals surface area contributed by atoms with E-state index in [9.17, 15) is 14.9 Å². The van der Waals surface area contributed by atoms with Gasteiger partial charge in [-0.1, -0.05) is 12.1 Å². The van der Waals surface area contributed by atoms with Crippen LogP contribution >= 0.6 is 0 Å². The lowest BCUT2D eigenvalue weighted by Gasteiger charge is -2.32. The standard InChI is InChI=1S/C22H25N5O3/c28-21(8-3-13-23-17-9-11-18(12-10-17)27(29)30)26-14-4-5-16(15-26)22-24-19-6-1-2-7-20(19)25-22/h1-2,6-7,9-12,16,23H,3-5,8,13-15H2,(H,24,25). The summed E-state index contributed by atoms with van der Waals surface area (Å²) in [5.41, 5.74) is 2.89. The molecule has 30 heavy (non-hydrogen) atoms. The highest BCUT2D eigenvalue weighted by atomic mass is 16.6. The number of imidazole rings is 1. The van der Waals surface area contributed by atoms with Crippen LogP contribution in [0.15, 0.2) is 48.5 Å². The van der Waals surface area contributed by atoms with Crippen molar-refractivity contribution in [2.75, 3.05) is 25.0 Å². The molecule has 0 bridgehead atoms. The molecule has 1 aromatic heterocycles. The number of fused-ring (bicyclic) bond motifs is 1. The lowest BCUT2D eigenvalue weighted by atomic mass is 9.97. The fraction of sp³-hybridized carbons (Fsp3) is 0.364. The average Bonchev–Trinajstić information content (AvgIpc) is 3.21. The predicted octanol–water partition coefficient (Wildman–Crippen LogP) is 4.07. The first-order valence-electron chi connectivity index (χ1n) is 10.3. The van der Waals surface area contributed by atoms with Crippen molar-refractivity contribution in [3.8, 4) is 0 Å². The Bertz CT molecular complexity index is 998. The number of nitrogens with one attached hydrogen (secondary N) is 2. The molecule has 4 rings (SSSR count). The number of benzene rings is 2. The van der Waals surface area contributed by atoms with Crippen LogP contribution in [0.1, 0.15) is 37.4 Å². The van der Waals surface area contributed by atoms with E-state index >= 15 is 0 Å². The summed E-state index contributed by atoms with van der Waals surface area (Å²) in [7, 11) is 0. The topological polar surface area (TPSA) is 104 Å². The van der Waals surface area contributed by atoms with Crippen molar-refractivity contribution in [3.05, 3.63) is 64.5 Å². The molecule has 2 N–H and O–H groups in total. The van der Waals surface area contributed by atoms with E-state index in [2.05, 4.69) is 10.3 Å². The molecule has 3 aromatic rings. The molecule has 1 aliphatic heterocycles. The molecule has 2 aromatic carbocycles. The SMILES string of the molecule is O=C(CCCNc1ccc([N+](=O)[O-])cc1)N1CCCC(c2nc3ccccc3[nH]2)C1.